The Morgan fingerprint density at radius 1 is 1.22 bits per heavy atom. The van der Waals surface area contributed by atoms with Gasteiger partial charge >= 0.3 is 0 Å². The number of aromatic nitrogens is 2. The van der Waals surface area contributed by atoms with E-state index in [-0.39, 0.29) is 11.6 Å². The topological polar surface area (TPSA) is 47.0 Å². The maximum Gasteiger partial charge on any atom is 0.186 e. The average molecular weight is 253 g/mol. The van der Waals surface area contributed by atoms with Gasteiger partial charge in [-0.1, -0.05) is 19.3 Å². The van der Waals surface area contributed by atoms with Crippen molar-refractivity contribution in [3.63, 3.8) is 0 Å². The Hall–Kier alpha value is -1.23. The summed E-state index contributed by atoms with van der Waals surface area (Å²) in [7, 11) is 3.35. The lowest BCUT2D eigenvalue weighted by molar-refractivity contribution is -0.0516. The van der Waals surface area contributed by atoms with Crippen LogP contribution in [0.5, 0.6) is 0 Å². The van der Waals surface area contributed by atoms with Gasteiger partial charge < -0.3 is 10.1 Å². The number of rotatable bonds is 3. The molecule has 1 heterocycles. The first-order valence-corrected chi connectivity index (χ1v) is 6.40. The Bertz CT molecular complexity index is 430. The fraction of sp³-hybridized carbons (Fsp3) is 0.692. The van der Waals surface area contributed by atoms with E-state index in [1.165, 1.54) is 6.42 Å². The second-order valence-electron chi connectivity index (χ2n) is 4.80. The van der Waals surface area contributed by atoms with E-state index in [0.29, 0.717) is 11.5 Å². The smallest absolute Gasteiger partial charge is 0.186 e. The number of halogens is 1. The molecule has 1 fully saturated rings. The van der Waals surface area contributed by atoms with Crippen LogP contribution in [0, 0.1) is 12.7 Å². The van der Waals surface area contributed by atoms with E-state index in [0.717, 1.165) is 25.7 Å². The molecule has 5 heteroatoms. The number of hydrogen-bond acceptors (Lipinski definition) is 4. The molecule has 0 bridgehead atoms. The highest BCUT2D eigenvalue weighted by Gasteiger charge is 2.37. The van der Waals surface area contributed by atoms with Crippen molar-refractivity contribution in [3.05, 3.63) is 17.3 Å². The van der Waals surface area contributed by atoms with Gasteiger partial charge in [-0.25, -0.2) is 14.4 Å². The molecule has 1 saturated carbocycles. The molecule has 0 unspecified atom stereocenters. The van der Waals surface area contributed by atoms with Crippen LogP contribution in [0.4, 0.5) is 10.2 Å². The summed E-state index contributed by atoms with van der Waals surface area (Å²) in [6.45, 7) is 1.66. The SMILES string of the molecule is CNc1nc(C2(OC)CCCCC2)nc(C)c1F. The van der Waals surface area contributed by atoms with Crippen molar-refractivity contribution in [2.75, 3.05) is 19.5 Å². The third-order valence-corrected chi connectivity index (χ3v) is 3.71. The van der Waals surface area contributed by atoms with Gasteiger partial charge in [0, 0.05) is 14.2 Å². The van der Waals surface area contributed by atoms with Crippen LogP contribution in [0.25, 0.3) is 0 Å². The maximum atomic E-state index is 13.7. The van der Waals surface area contributed by atoms with Gasteiger partial charge in [0.25, 0.3) is 0 Å². The average Bonchev–Trinajstić information content (AvgIpc) is 2.42. The highest BCUT2D eigenvalue weighted by molar-refractivity contribution is 5.38. The number of nitrogens with one attached hydrogen (secondary N) is 1. The van der Waals surface area contributed by atoms with Crippen LogP contribution in [-0.2, 0) is 10.3 Å². The molecule has 1 N–H and O–H groups in total. The van der Waals surface area contributed by atoms with E-state index in [2.05, 4.69) is 15.3 Å². The number of ether oxygens (including phenoxy) is 1. The summed E-state index contributed by atoms with van der Waals surface area (Å²) in [5, 5.41) is 2.78. The Morgan fingerprint density at radius 3 is 2.44 bits per heavy atom. The van der Waals surface area contributed by atoms with E-state index >= 15 is 0 Å². The summed E-state index contributed by atoms with van der Waals surface area (Å²) in [6.07, 6.45) is 5.21. The number of nitrogens with zero attached hydrogens (tertiary/aromatic N) is 2. The molecule has 1 aliphatic carbocycles. The van der Waals surface area contributed by atoms with Gasteiger partial charge in [-0.3, -0.25) is 0 Å². The van der Waals surface area contributed by atoms with Gasteiger partial charge in [-0.05, 0) is 19.8 Å². The molecular formula is C13H20FN3O. The second-order valence-corrected chi connectivity index (χ2v) is 4.80. The predicted molar refractivity (Wildman–Crippen MR) is 68.0 cm³/mol. The van der Waals surface area contributed by atoms with E-state index in [1.54, 1.807) is 21.1 Å². The normalized spacial score (nSPS) is 18.7. The lowest BCUT2D eigenvalue weighted by atomic mass is 9.84. The molecule has 0 atom stereocenters. The molecule has 0 saturated heterocycles. The summed E-state index contributed by atoms with van der Waals surface area (Å²) >= 11 is 0. The minimum absolute atomic E-state index is 0.250. The van der Waals surface area contributed by atoms with Crippen molar-refractivity contribution >= 4 is 5.82 Å². The number of hydrogen-bond donors (Lipinski definition) is 1. The zero-order valence-corrected chi connectivity index (χ0v) is 11.2. The fourth-order valence-corrected chi connectivity index (χ4v) is 2.57. The van der Waals surface area contributed by atoms with Crippen LogP contribution >= 0.6 is 0 Å². The molecule has 0 aromatic carbocycles. The first-order valence-electron chi connectivity index (χ1n) is 6.40. The zero-order chi connectivity index (χ0) is 13.2. The van der Waals surface area contributed by atoms with Crippen LogP contribution < -0.4 is 5.32 Å². The van der Waals surface area contributed by atoms with Crippen LogP contribution in [0.3, 0.4) is 0 Å². The summed E-state index contributed by atoms with van der Waals surface area (Å²) < 4.78 is 19.4. The van der Waals surface area contributed by atoms with Gasteiger partial charge in [0.1, 0.15) is 5.60 Å². The third-order valence-electron chi connectivity index (χ3n) is 3.71. The van der Waals surface area contributed by atoms with Gasteiger partial charge in [0.05, 0.1) is 5.69 Å². The molecule has 18 heavy (non-hydrogen) atoms. The molecular weight excluding hydrogens is 233 g/mol. The molecule has 0 radical (unpaired) electrons. The molecule has 100 valence electrons. The predicted octanol–water partition coefficient (Wildman–Crippen LogP) is 2.77. The maximum absolute atomic E-state index is 13.7. The van der Waals surface area contributed by atoms with E-state index in [1.807, 2.05) is 0 Å². The van der Waals surface area contributed by atoms with Crippen molar-refractivity contribution in [3.8, 4) is 0 Å². The van der Waals surface area contributed by atoms with Crippen molar-refractivity contribution in [1.82, 2.24) is 9.97 Å². The van der Waals surface area contributed by atoms with Crippen LogP contribution in [-0.4, -0.2) is 24.1 Å². The van der Waals surface area contributed by atoms with Crippen LogP contribution in [0.1, 0.15) is 43.6 Å². The van der Waals surface area contributed by atoms with Crippen molar-refractivity contribution in [2.24, 2.45) is 0 Å². The van der Waals surface area contributed by atoms with Gasteiger partial charge in [0.2, 0.25) is 0 Å². The summed E-state index contributed by atoms with van der Waals surface area (Å²) in [6, 6.07) is 0. The van der Waals surface area contributed by atoms with Crippen molar-refractivity contribution < 1.29 is 9.13 Å². The Morgan fingerprint density at radius 2 is 1.89 bits per heavy atom. The minimum atomic E-state index is -0.442. The molecule has 0 aliphatic heterocycles. The first kappa shape index (κ1) is 13.2. The van der Waals surface area contributed by atoms with Crippen LogP contribution in [0.2, 0.25) is 0 Å². The molecule has 0 amide bonds. The number of anilines is 1. The minimum Gasteiger partial charge on any atom is -0.371 e. The highest BCUT2D eigenvalue weighted by atomic mass is 19.1. The lowest BCUT2D eigenvalue weighted by Crippen LogP contribution is -2.34. The molecule has 2 rings (SSSR count). The Kier molecular flexibility index (Phi) is 3.80. The molecule has 1 aliphatic rings. The summed E-state index contributed by atoms with van der Waals surface area (Å²) in [5.41, 5.74) is -0.0752. The monoisotopic (exact) mass is 253 g/mol. The van der Waals surface area contributed by atoms with E-state index in [9.17, 15) is 4.39 Å². The van der Waals surface area contributed by atoms with Gasteiger partial charge in [0.15, 0.2) is 17.5 Å². The first-order chi connectivity index (χ1) is 8.63. The zero-order valence-electron chi connectivity index (χ0n) is 11.2. The fourth-order valence-electron chi connectivity index (χ4n) is 2.57. The van der Waals surface area contributed by atoms with Gasteiger partial charge in [-0.2, -0.15) is 0 Å². The van der Waals surface area contributed by atoms with E-state index in [4.69, 9.17) is 4.74 Å². The molecule has 0 spiro atoms. The third kappa shape index (κ3) is 2.19. The quantitative estimate of drug-likeness (QED) is 0.899. The summed E-state index contributed by atoms with van der Waals surface area (Å²) in [4.78, 5) is 8.59. The number of methoxy groups -OCH3 is 1. The van der Waals surface area contributed by atoms with Gasteiger partial charge in [-0.15, -0.1) is 0 Å². The van der Waals surface area contributed by atoms with Crippen LogP contribution in [0.15, 0.2) is 0 Å². The lowest BCUT2D eigenvalue weighted by Gasteiger charge is -2.34. The summed E-state index contributed by atoms with van der Waals surface area (Å²) in [5.74, 6) is 0.468. The van der Waals surface area contributed by atoms with E-state index < -0.39 is 5.60 Å². The molecule has 1 aromatic heterocycles. The van der Waals surface area contributed by atoms with Crippen molar-refractivity contribution in [1.29, 1.82) is 0 Å². The standard InChI is InChI=1S/C13H20FN3O/c1-9-10(14)11(15-2)17-12(16-9)13(18-3)7-5-4-6-8-13/h4-8H2,1-3H3,(H,15,16,17). The Balaban J connectivity index is 2.45. The molecule has 4 nitrogen and oxygen atoms in total. The largest absolute Gasteiger partial charge is 0.371 e. The second kappa shape index (κ2) is 5.18. The molecule has 1 aromatic rings. The number of aryl methyl sites for hydroxylation is 1. The van der Waals surface area contributed by atoms with Crippen molar-refractivity contribution in [2.45, 2.75) is 44.6 Å². The Labute approximate surface area is 107 Å². The highest BCUT2D eigenvalue weighted by Crippen LogP contribution is 2.38.